The maximum absolute atomic E-state index is 13.6. The third-order valence-electron chi connectivity index (χ3n) is 2.71. The van der Waals surface area contributed by atoms with Crippen LogP contribution in [-0.2, 0) is 13.1 Å². The molecule has 0 atom stereocenters. The Kier molecular flexibility index (Phi) is 4.37. The average Bonchev–Trinajstić information content (AvgIpc) is 2.74. The van der Waals surface area contributed by atoms with E-state index in [-0.39, 0.29) is 12.4 Å². The fourth-order valence-electron chi connectivity index (χ4n) is 1.70. The van der Waals surface area contributed by atoms with Crippen molar-refractivity contribution in [3.8, 4) is 0 Å². The van der Waals surface area contributed by atoms with Crippen LogP contribution in [0.5, 0.6) is 0 Å². The highest BCUT2D eigenvalue weighted by atomic mass is 79.9. The molecular weight excluding hydrogens is 315 g/mol. The molecule has 0 fully saturated rings. The minimum Gasteiger partial charge on any atom is -0.369 e. The predicted molar refractivity (Wildman–Crippen MR) is 78.4 cm³/mol. The van der Waals surface area contributed by atoms with E-state index in [1.165, 1.54) is 10.9 Å². The molecule has 2 nitrogen and oxygen atoms in total. The lowest BCUT2D eigenvalue weighted by atomic mass is 10.2. The Bertz CT molecular complexity index is 542. The third-order valence-corrected chi connectivity index (χ3v) is 4.39. The maximum Gasteiger partial charge on any atom is 0.129 e. The number of hydrogen-bond acceptors (Lipinski definition) is 3. The van der Waals surface area contributed by atoms with E-state index in [1.54, 1.807) is 17.4 Å². The van der Waals surface area contributed by atoms with Crippen molar-refractivity contribution < 1.29 is 4.39 Å². The lowest BCUT2D eigenvalue weighted by molar-refractivity contribution is 0.610. The third kappa shape index (κ3) is 3.10. The fraction of sp³-hybridized carbons (Fsp3) is 0.231. The van der Waals surface area contributed by atoms with Crippen LogP contribution in [0.25, 0.3) is 0 Å². The summed E-state index contributed by atoms with van der Waals surface area (Å²) in [6.45, 7) is 0.991. The van der Waals surface area contributed by atoms with E-state index >= 15 is 0 Å². The molecule has 0 aliphatic carbocycles. The zero-order valence-electron chi connectivity index (χ0n) is 9.99. The smallest absolute Gasteiger partial charge is 0.129 e. The van der Waals surface area contributed by atoms with Crippen molar-refractivity contribution in [2.45, 2.75) is 13.1 Å². The molecule has 0 amide bonds. The normalized spacial score (nSPS) is 10.7. The first-order chi connectivity index (χ1) is 8.60. The van der Waals surface area contributed by atoms with E-state index in [0.717, 1.165) is 16.7 Å². The van der Waals surface area contributed by atoms with Gasteiger partial charge in [0.05, 0.1) is 6.54 Å². The summed E-state index contributed by atoms with van der Waals surface area (Å²) in [4.78, 5) is 3.24. The van der Waals surface area contributed by atoms with Gasteiger partial charge in [-0.3, -0.25) is 0 Å². The second-order valence-corrected chi connectivity index (χ2v) is 5.98. The number of nitrogens with two attached hydrogens (primary N) is 1. The lowest BCUT2D eigenvalue weighted by Gasteiger charge is -2.19. The van der Waals surface area contributed by atoms with Gasteiger partial charge in [-0.2, -0.15) is 0 Å². The Morgan fingerprint density at radius 1 is 1.39 bits per heavy atom. The SMILES string of the molecule is CN(Cc1cc(Br)cs1)c1ccc(CN)c(F)c1. The zero-order valence-corrected chi connectivity index (χ0v) is 12.4. The van der Waals surface area contributed by atoms with Gasteiger partial charge in [-0.15, -0.1) is 11.3 Å². The average molecular weight is 329 g/mol. The zero-order chi connectivity index (χ0) is 13.1. The minimum absolute atomic E-state index is 0.230. The molecule has 0 unspecified atom stereocenters. The molecule has 0 bridgehead atoms. The number of benzene rings is 1. The van der Waals surface area contributed by atoms with Gasteiger partial charge in [0.25, 0.3) is 0 Å². The molecule has 0 saturated heterocycles. The molecular formula is C13H14BrFN2S. The number of nitrogens with zero attached hydrogens (tertiary/aromatic N) is 1. The molecule has 2 N–H and O–H groups in total. The molecule has 0 aliphatic rings. The number of thiophene rings is 1. The van der Waals surface area contributed by atoms with Gasteiger partial charge in [-0.1, -0.05) is 6.07 Å². The summed E-state index contributed by atoms with van der Waals surface area (Å²) in [5, 5.41) is 2.04. The summed E-state index contributed by atoms with van der Waals surface area (Å²) in [5.74, 6) is -0.241. The molecule has 0 radical (unpaired) electrons. The highest BCUT2D eigenvalue weighted by molar-refractivity contribution is 9.10. The number of halogens is 2. The largest absolute Gasteiger partial charge is 0.369 e. The minimum atomic E-state index is -0.241. The van der Waals surface area contributed by atoms with Crippen LogP contribution in [-0.4, -0.2) is 7.05 Å². The van der Waals surface area contributed by atoms with Crippen LogP contribution in [0.3, 0.4) is 0 Å². The Balaban J connectivity index is 2.13. The van der Waals surface area contributed by atoms with Crippen LogP contribution in [0.1, 0.15) is 10.4 Å². The van der Waals surface area contributed by atoms with E-state index in [9.17, 15) is 4.39 Å². The second kappa shape index (κ2) is 5.82. The highest BCUT2D eigenvalue weighted by Crippen LogP contribution is 2.24. The topological polar surface area (TPSA) is 29.3 Å². The summed E-state index contributed by atoms with van der Waals surface area (Å²) >= 11 is 5.11. The first-order valence-corrected chi connectivity index (χ1v) is 7.20. The van der Waals surface area contributed by atoms with Gasteiger partial charge >= 0.3 is 0 Å². The molecule has 2 aromatic rings. The summed E-state index contributed by atoms with van der Waals surface area (Å²) in [7, 11) is 1.95. The molecule has 2 rings (SSSR count). The van der Waals surface area contributed by atoms with Crippen molar-refractivity contribution in [3.63, 3.8) is 0 Å². The summed E-state index contributed by atoms with van der Waals surface area (Å²) in [6.07, 6.45) is 0. The second-order valence-electron chi connectivity index (χ2n) is 4.07. The number of anilines is 1. The van der Waals surface area contributed by atoms with E-state index in [1.807, 2.05) is 23.4 Å². The molecule has 1 aromatic carbocycles. The van der Waals surface area contributed by atoms with Gasteiger partial charge in [0.15, 0.2) is 0 Å². The van der Waals surface area contributed by atoms with Crippen LogP contribution in [0.4, 0.5) is 10.1 Å². The van der Waals surface area contributed by atoms with Crippen molar-refractivity contribution in [2.24, 2.45) is 5.73 Å². The quantitative estimate of drug-likeness (QED) is 0.926. The Morgan fingerprint density at radius 3 is 2.72 bits per heavy atom. The van der Waals surface area contributed by atoms with Crippen molar-refractivity contribution in [2.75, 3.05) is 11.9 Å². The molecule has 0 aliphatic heterocycles. The van der Waals surface area contributed by atoms with E-state index in [0.29, 0.717) is 5.56 Å². The van der Waals surface area contributed by atoms with Gasteiger partial charge in [0.2, 0.25) is 0 Å². The monoisotopic (exact) mass is 328 g/mol. The summed E-state index contributed by atoms with van der Waals surface area (Å²) < 4.78 is 14.7. The molecule has 5 heteroatoms. The first-order valence-electron chi connectivity index (χ1n) is 5.52. The Morgan fingerprint density at radius 2 is 2.17 bits per heavy atom. The Hall–Kier alpha value is -0.910. The molecule has 1 aromatic heterocycles. The van der Waals surface area contributed by atoms with Crippen LogP contribution < -0.4 is 10.6 Å². The number of hydrogen-bond donors (Lipinski definition) is 1. The van der Waals surface area contributed by atoms with Gasteiger partial charge < -0.3 is 10.6 Å². The van der Waals surface area contributed by atoms with Gasteiger partial charge in [-0.25, -0.2) is 4.39 Å². The van der Waals surface area contributed by atoms with Crippen molar-refractivity contribution in [1.82, 2.24) is 0 Å². The predicted octanol–water partition coefficient (Wildman–Crippen LogP) is 3.74. The molecule has 0 spiro atoms. The molecule has 1 heterocycles. The van der Waals surface area contributed by atoms with E-state index < -0.39 is 0 Å². The van der Waals surface area contributed by atoms with E-state index in [2.05, 4.69) is 22.0 Å². The van der Waals surface area contributed by atoms with Crippen LogP contribution in [0.2, 0.25) is 0 Å². The number of rotatable bonds is 4. The summed E-state index contributed by atoms with van der Waals surface area (Å²) in [5.41, 5.74) is 6.85. The molecule has 96 valence electrons. The first kappa shape index (κ1) is 13.5. The van der Waals surface area contributed by atoms with Crippen molar-refractivity contribution >= 4 is 33.0 Å². The fourth-order valence-corrected chi connectivity index (χ4v) is 3.20. The highest BCUT2D eigenvalue weighted by Gasteiger charge is 2.07. The van der Waals surface area contributed by atoms with Gasteiger partial charge in [0.1, 0.15) is 5.82 Å². The lowest BCUT2D eigenvalue weighted by Crippen LogP contribution is -2.16. The van der Waals surface area contributed by atoms with Crippen molar-refractivity contribution in [1.29, 1.82) is 0 Å². The van der Waals surface area contributed by atoms with E-state index in [4.69, 9.17) is 5.73 Å². The van der Waals surface area contributed by atoms with Gasteiger partial charge in [0, 0.05) is 39.6 Å². The van der Waals surface area contributed by atoms with Crippen LogP contribution >= 0.6 is 27.3 Å². The van der Waals surface area contributed by atoms with Gasteiger partial charge in [-0.05, 0) is 34.1 Å². The standard InChI is InChI=1S/C13H14BrFN2S/c1-17(7-12-4-10(14)8-18-12)11-3-2-9(6-16)13(15)5-11/h2-5,8H,6-7,16H2,1H3. The van der Waals surface area contributed by atoms with Crippen molar-refractivity contribution in [3.05, 3.63) is 50.4 Å². The Labute approximate surface area is 118 Å². The van der Waals surface area contributed by atoms with Crippen LogP contribution in [0.15, 0.2) is 34.1 Å². The van der Waals surface area contributed by atoms with Crippen LogP contribution in [0, 0.1) is 5.82 Å². The molecule has 0 saturated carbocycles. The maximum atomic E-state index is 13.6. The molecule has 18 heavy (non-hydrogen) atoms. The summed E-state index contributed by atoms with van der Waals surface area (Å²) in [6, 6.07) is 7.25.